The first-order chi connectivity index (χ1) is 8.92. The van der Waals surface area contributed by atoms with Crippen molar-refractivity contribution >= 4 is 15.5 Å². The predicted molar refractivity (Wildman–Crippen MR) is 80.3 cm³/mol. The molecular weight excluding hydrogens is 260 g/mol. The highest BCUT2D eigenvalue weighted by Gasteiger charge is 2.14. The minimum atomic E-state index is -3.12. The molecule has 2 N–H and O–H groups in total. The standard InChI is InChI=1S/C14H24N2O2S/c1-4-11-19(17,18)14-7-5-13(6-8-14)16(3)12(2)9-10-15/h5-8,12H,4,9-11,15H2,1-3H3. The Hall–Kier alpha value is -1.07. The number of hydrogen-bond acceptors (Lipinski definition) is 4. The van der Waals surface area contributed by atoms with Gasteiger partial charge >= 0.3 is 0 Å². The first-order valence-electron chi connectivity index (χ1n) is 6.68. The first-order valence-corrected chi connectivity index (χ1v) is 8.33. The van der Waals surface area contributed by atoms with Crippen molar-refractivity contribution in [1.29, 1.82) is 0 Å². The maximum atomic E-state index is 11.9. The SMILES string of the molecule is CCCS(=O)(=O)c1ccc(N(C)C(C)CCN)cc1. The third-order valence-electron chi connectivity index (χ3n) is 3.32. The number of nitrogens with zero attached hydrogens (tertiary/aromatic N) is 1. The number of nitrogens with two attached hydrogens (primary N) is 1. The quantitative estimate of drug-likeness (QED) is 0.832. The highest BCUT2D eigenvalue weighted by atomic mass is 32.2. The van der Waals surface area contributed by atoms with E-state index < -0.39 is 9.84 Å². The van der Waals surface area contributed by atoms with E-state index >= 15 is 0 Å². The smallest absolute Gasteiger partial charge is 0.178 e. The average Bonchev–Trinajstić information content (AvgIpc) is 2.38. The van der Waals surface area contributed by atoms with Gasteiger partial charge in [0.2, 0.25) is 0 Å². The van der Waals surface area contributed by atoms with Gasteiger partial charge < -0.3 is 10.6 Å². The molecule has 0 radical (unpaired) electrons. The lowest BCUT2D eigenvalue weighted by molar-refractivity contribution is 0.594. The number of hydrogen-bond donors (Lipinski definition) is 1. The van der Waals surface area contributed by atoms with Crippen molar-refractivity contribution in [3.05, 3.63) is 24.3 Å². The molecule has 1 aromatic rings. The largest absolute Gasteiger partial charge is 0.372 e. The fraction of sp³-hybridized carbons (Fsp3) is 0.571. The summed E-state index contributed by atoms with van der Waals surface area (Å²) in [5.74, 6) is 0.200. The van der Waals surface area contributed by atoms with Crippen molar-refractivity contribution in [2.24, 2.45) is 5.73 Å². The Morgan fingerprint density at radius 1 is 1.26 bits per heavy atom. The minimum absolute atomic E-state index is 0.200. The second kappa shape index (κ2) is 6.91. The zero-order valence-corrected chi connectivity index (χ0v) is 12.8. The fourth-order valence-corrected chi connectivity index (χ4v) is 3.29. The molecule has 1 unspecified atom stereocenters. The molecule has 5 heteroatoms. The molecule has 0 fully saturated rings. The second-order valence-electron chi connectivity index (χ2n) is 4.85. The molecule has 0 aliphatic heterocycles. The summed E-state index contributed by atoms with van der Waals surface area (Å²) in [6, 6.07) is 7.42. The maximum absolute atomic E-state index is 11.9. The Morgan fingerprint density at radius 3 is 2.32 bits per heavy atom. The highest BCUT2D eigenvalue weighted by Crippen LogP contribution is 2.20. The summed E-state index contributed by atoms with van der Waals surface area (Å²) in [6.45, 7) is 4.62. The molecule has 1 aromatic carbocycles. The lowest BCUT2D eigenvalue weighted by Crippen LogP contribution is -2.30. The molecule has 0 aliphatic rings. The van der Waals surface area contributed by atoms with Crippen molar-refractivity contribution < 1.29 is 8.42 Å². The molecule has 4 nitrogen and oxygen atoms in total. The molecular formula is C14H24N2O2S. The topological polar surface area (TPSA) is 63.4 Å². The zero-order chi connectivity index (χ0) is 14.5. The van der Waals surface area contributed by atoms with Gasteiger partial charge in [-0.1, -0.05) is 6.92 Å². The van der Waals surface area contributed by atoms with E-state index in [4.69, 9.17) is 5.73 Å². The van der Waals surface area contributed by atoms with E-state index in [1.54, 1.807) is 12.1 Å². The van der Waals surface area contributed by atoms with Gasteiger partial charge in [0.05, 0.1) is 10.6 Å². The molecule has 0 bridgehead atoms. The van der Waals surface area contributed by atoms with Gasteiger partial charge in [-0.3, -0.25) is 0 Å². The molecule has 0 saturated carbocycles. The summed E-state index contributed by atoms with van der Waals surface area (Å²) in [5.41, 5.74) is 6.56. The Balaban J connectivity index is 2.87. The van der Waals surface area contributed by atoms with Gasteiger partial charge in [0.25, 0.3) is 0 Å². The van der Waals surface area contributed by atoms with E-state index in [0.717, 1.165) is 12.1 Å². The summed E-state index contributed by atoms with van der Waals surface area (Å²) in [7, 11) is -1.13. The maximum Gasteiger partial charge on any atom is 0.178 e. The monoisotopic (exact) mass is 284 g/mol. The molecule has 19 heavy (non-hydrogen) atoms. The van der Waals surface area contributed by atoms with Crippen LogP contribution in [-0.4, -0.2) is 33.8 Å². The molecule has 108 valence electrons. The van der Waals surface area contributed by atoms with Gasteiger partial charge in [0.1, 0.15) is 0 Å². The van der Waals surface area contributed by atoms with Crippen LogP contribution in [0, 0.1) is 0 Å². The van der Waals surface area contributed by atoms with Gasteiger partial charge in [0.15, 0.2) is 9.84 Å². The zero-order valence-electron chi connectivity index (χ0n) is 12.0. The van der Waals surface area contributed by atoms with Crippen LogP contribution in [-0.2, 0) is 9.84 Å². The van der Waals surface area contributed by atoms with E-state index in [2.05, 4.69) is 11.8 Å². The summed E-state index contributed by atoms with van der Waals surface area (Å²) in [4.78, 5) is 2.52. The van der Waals surface area contributed by atoms with Crippen molar-refractivity contribution in [2.75, 3.05) is 24.2 Å². The Morgan fingerprint density at radius 2 is 1.84 bits per heavy atom. The summed E-state index contributed by atoms with van der Waals surface area (Å²) in [6.07, 6.45) is 1.55. The fourth-order valence-electron chi connectivity index (χ4n) is 1.96. The van der Waals surface area contributed by atoms with E-state index in [9.17, 15) is 8.42 Å². The number of rotatable bonds is 7. The number of sulfone groups is 1. The molecule has 1 atom stereocenters. The molecule has 0 saturated heterocycles. The van der Waals surface area contributed by atoms with E-state index in [-0.39, 0.29) is 5.75 Å². The lowest BCUT2D eigenvalue weighted by Gasteiger charge is -2.26. The summed E-state index contributed by atoms with van der Waals surface area (Å²) < 4.78 is 23.8. The second-order valence-corrected chi connectivity index (χ2v) is 6.96. The van der Waals surface area contributed by atoms with Crippen molar-refractivity contribution in [1.82, 2.24) is 0 Å². The Kier molecular flexibility index (Phi) is 5.82. The predicted octanol–water partition coefficient (Wildman–Crippen LogP) is 2.04. The third kappa shape index (κ3) is 4.21. The van der Waals surface area contributed by atoms with Gasteiger partial charge in [0, 0.05) is 18.8 Å². The van der Waals surface area contributed by atoms with Crippen LogP contribution in [0.4, 0.5) is 5.69 Å². The van der Waals surface area contributed by atoms with Gasteiger partial charge in [-0.25, -0.2) is 8.42 Å². The Bertz CT molecular complexity index is 483. The van der Waals surface area contributed by atoms with Crippen LogP contribution in [0.2, 0.25) is 0 Å². The third-order valence-corrected chi connectivity index (χ3v) is 5.26. The van der Waals surface area contributed by atoms with Crippen molar-refractivity contribution in [2.45, 2.75) is 37.6 Å². The summed E-state index contributed by atoms with van der Waals surface area (Å²) in [5, 5.41) is 0. The molecule has 1 rings (SSSR count). The molecule has 0 aliphatic carbocycles. The van der Waals surface area contributed by atoms with E-state index in [0.29, 0.717) is 23.9 Å². The van der Waals surface area contributed by atoms with E-state index in [1.807, 2.05) is 26.1 Å². The van der Waals surface area contributed by atoms with Crippen molar-refractivity contribution in [3.63, 3.8) is 0 Å². The molecule has 0 amide bonds. The first kappa shape index (κ1) is 16.0. The highest BCUT2D eigenvalue weighted by molar-refractivity contribution is 7.91. The van der Waals surface area contributed by atoms with Crippen LogP contribution in [0.5, 0.6) is 0 Å². The summed E-state index contributed by atoms with van der Waals surface area (Å²) >= 11 is 0. The number of benzene rings is 1. The van der Waals surface area contributed by atoms with Gasteiger partial charge in [-0.05, 0) is 50.6 Å². The van der Waals surface area contributed by atoms with Crippen LogP contribution in [0.3, 0.4) is 0 Å². The van der Waals surface area contributed by atoms with Gasteiger partial charge in [-0.15, -0.1) is 0 Å². The van der Waals surface area contributed by atoms with Crippen LogP contribution in [0.25, 0.3) is 0 Å². The molecule has 0 spiro atoms. The normalized spacial score (nSPS) is 13.3. The molecule has 0 heterocycles. The molecule has 0 aromatic heterocycles. The van der Waals surface area contributed by atoms with Crippen LogP contribution >= 0.6 is 0 Å². The van der Waals surface area contributed by atoms with Crippen LogP contribution in [0.15, 0.2) is 29.2 Å². The van der Waals surface area contributed by atoms with Crippen molar-refractivity contribution in [3.8, 4) is 0 Å². The average molecular weight is 284 g/mol. The lowest BCUT2D eigenvalue weighted by atomic mass is 10.2. The van der Waals surface area contributed by atoms with E-state index in [1.165, 1.54) is 0 Å². The number of anilines is 1. The minimum Gasteiger partial charge on any atom is -0.372 e. The van der Waals surface area contributed by atoms with Crippen LogP contribution < -0.4 is 10.6 Å². The Labute approximate surface area is 116 Å². The van der Waals surface area contributed by atoms with Crippen LogP contribution in [0.1, 0.15) is 26.7 Å². The van der Waals surface area contributed by atoms with Gasteiger partial charge in [-0.2, -0.15) is 0 Å².